The van der Waals surface area contributed by atoms with Crippen molar-refractivity contribution in [3.63, 3.8) is 0 Å². The van der Waals surface area contributed by atoms with E-state index in [4.69, 9.17) is 0 Å². The molecule has 0 aliphatic carbocycles. The van der Waals surface area contributed by atoms with Crippen LogP contribution in [-0.4, -0.2) is 31.2 Å². The van der Waals surface area contributed by atoms with E-state index in [1.165, 1.54) is 22.3 Å². The van der Waals surface area contributed by atoms with Gasteiger partial charge in [-0.1, -0.05) is 61.2 Å². The molecule has 8 heteroatoms. The SMILES string of the molecule is CCc1ccccc1NC(=O)CSc1nc(-c2ccccc2C)nc2cc(=O)[nH]n12. The highest BCUT2D eigenvalue weighted by Crippen LogP contribution is 2.24. The molecule has 0 aliphatic rings. The van der Waals surface area contributed by atoms with Crippen LogP contribution in [0.2, 0.25) is 0 Å². The van der Waals surface area contributed by atoms with Crippen molar-refractivity contribution in [3.05, 3.63) is 76.1 Å². The molecule has 4 rings (SSSR count). The lowest BCUT2D eigenvalue weighted by molar-refractivity contribution is -0.113. The van der Waals surface area contributed by atoms with Gasteiger partial charge in [0.05, 0.1) is 5.75 Å². The molecule has 2 aromatic heterocycles. The van der Waals surface area contributed by atoms with Crippen LogP contribution >= 0.6 is 11.8 Å². The summed E-state index contributed by atoms with van der Waals surface area (Å²) in [4.78, 5) is 33.6. The van der Waals surface area contributed by atoms with Gasteiger partial charge in [-0.2, -0.15) is 0 Å². The molecular formula is C22H21N5O2S. The first kappa shape index (κ1) is 19.9. The van der Waals surface area contributed by atoms with Gasteiger partial charge in [0, 0.05) is 17.3 Å². The van der Waals surface area contributed by atoms with Crippen LogP contribution in [0.25, 0.3) is 17.0 Å². The Morgan fingerprint density at radius 1 is 1.13 bits per heavy atom. The summed E-state index contributed by atoms with van der Waals surface area (Å²) >= 11 is 1.25. The Morgan fingerprint density at radius 2 is 1.90 bits per heavy atom. The minimum absolute atomic E-state index is 0.139. The number of carbonyl (C=O) groups excluding carboxylic acids is 1. The van der Waals surface area contributed by atoms with Crippen molar-refractivity contribution in [3.8, 4) is 11.4 Å². The Bertz CT molecular complexity index is 1280. The number of benzene rings is 2. The van der Waals surface area contributed by atoms with Gasteiger partial charge in [-0.3, -0.25) is 14.7 Å². The topological polar surface area (TPSA) is 92.2 Å². The van der Waals surface area contributed by atoms with Gasteiger partial charge in [-0.25, -0.2) is 14.5 Å². The van der Waals surface area contributed by atoms with Gasteiger partial charge in [-0.15, -0.1) is 0 Å². The Kier molecular flexibility index (Phi) is 5.67. The van der Waals surface area contributed by atoms with Crippen LogP contribution in [0, 0.1) is 6.92 Å². The molecule has 0 aliphatic heterocycles. The zero-order valence-electron chi connectivity index (χ0n) is 16.7. The number of anilines is 1. The molecular weight excluding hydrogens is 398 g/mol. The molecule has 0 fully saturated rings. The highest BCUT2D eigenvalue weighted by Gasteiger charge is 2.14. The van der Waals surface area contributed by atoms with Gasteiger partial charge in [0.2, 0.25) is 5.91 Å². The molecule has 0 radical (unpaired) electrons. The molecule has 152 valence electrons. The summed E-state index contributed by atoms with van der Waals surface area (Å²) in [5, 5.41) is 6.15. The molecule has 2 aromatic carbocycles. The second-order valence-corrected chi connectivity index (χ2v) is 7.75. The van der Waals surface area contributed by atoms with E-state index in [1.54, 1.807) is 0 Å². The van der Waals surface area contributed by atoms with Crippen LogP contribution in [0.5, 0.6) is 0 Å². The maximum Gasteiger partial charge on any atom is 0.266 e. The second-order valence-electron chi connectivity index (χ2n) is 6.81. The number of hydrogen-bond acceptors (Lipinski definition) is 5. The van der Waals surface area contributed by atoms with Gasteiger partial charge in [-0.05, 0) is 30.5 Å². The number of nitrogens with zero attached hydrogens (tertiary/aromatic N) is 3. The third-order valence-electron chi connectivity index (χ3n) is 4.72. The van der Waals surface area contributed by atoms with E-state index < -0.39 is 0 Å². The number of hydrogen-bond donors (Lipinski definition) is 2. The number of aromatic nitrogens is 4. The van der Waals surface area contributed by atoms with E-state index in [9.17, 15) is 9.59 Å². The molecule has 0 saturated carbocycles. The number of amides is 1. The maximum absolute atomic E-state index is 12.5. The number of H-pyrrole nitrogens is 1. The lowest BCUT2D eigenvalue weighted by atomic mass is 10.1. The van der Waals surface area contributed by atoms with E-state index in [1.807, 2.05) is 62.4 Å². The number of carbonyl (C=O) groups is 1. The largest absolute Gasteiger partial charge is 0.325 e. The minimum atomic E-state index is -0.269. The molecule has 4 aromatic rings. The number of thioether (sulfide) groups is 1. The van der Waals surface area contributed by atoms with Crippen molar-refractivity contribution in [1.82, 2.24) is 19.6 Å². The summed E-state index contributed by atoms with van der Waals surface area (Å²) in [7, 11) is 0. The van der Waals surface area contributed by atoms with Crippen LogP contribution in [0.3, 0.4) is 0 Å². The van der Waals surface area contributed by atoms with Crippen molar-refractivity contribution in [2.24, 2.45) is 0 Å². The molecule has 0 bridgehead atoms. The molecule has 1 amide bonds. The Balaban J connectivity index is 1.61. The minimum Gasteiger partial charge on any atom is -0.325 e. The first-order valence-corrected chi connectivity index (χ1v) is 10.6. The van der Waals surface area contributed by atoms with Crippen LogP contribution in [0.15, 0.2) is 64.5 Å². The van der Waals surface area contributed by atoms with Crippen molar-refractivity contribution in [1.29, 1.82) is 0 Å². The third kappa shape index (κ3) is 4.13. The van der Waals surface area contributed by atoms with E-state index in [-0.39, 0.29) is 17.2 Å². The highest BCUT2D eigenvalue weighted by molar-refractivity contribution is 7.99. The normalized spacial score (nSPS) is 11.0. The smallest absolute Gasteiger partial charge is 0.266 e. The van der Waals surface area contributed by atoms with E-state index >= 15 is 0 Å². The summed E-state index contributed by atoms with van der Waals surface area (Å²) in [6, 6.07) is 17.0. The van der Waals surface area contributed by atoms with E-state index in [0.717, 1.165) is 28.8 Å². The highest BCUT2D eigenvalue weighted by atomic mass is 32.2. The summed E-state index contributed by atoms with van der Waals surface area (Å²) < 4.78 is 1.52. The number of nitrogens with one attached hydrogen (secondary N) is 2. The number of fused-ring (bicyclic) bond motifs is 1. The fraction of sp³-hybridized carbons (Fsp3) is 0.182. The van der Waals surface area contributed by atoms with Crippen LogP contribution in [0.1, 0.15) is 18.1 Å². The number of para-hydroxylation sites is 1. The predicted molar refractivity (Wildman–Crippen MR) is 119 cm³/mol. The first-order valence-electron chi connectivity index (χ1n) is 9.61. The molecule has 2 heterocycles. The second kappa shape index (κ2) is 8.54. The van der Waals surface area contributed by atoms with Crippen LogP contribution in [-0.2, 0) is 11.2 Å². The lowest BCUT2D eigenvalue weighted by Crippen LogP contribution is -2.16. The van der Waals surface area contributed by atoms with Crippen LogP contribution in [0.4, 0.5) is 5.69 Å². The monoisotopic (exact) mass is 419 g/mol. The average Bonchev–Trinajstić information content (AvgIpc) is 3.13. The van der Waals surface area contributed by atoms with Crippen molar-refractivity contribution in [2.75, 3.05) is 11.1 Å². The van der Waals surface area contributed by atoms with Crippen LogP contribution < -0.4 is 10.9 Å². The van der Waals surface area contributed by atoms with Crippen molar-refractivity contribution < 1.29 is 4.79 Å². The molecule has 0 unspecified atom stereocenters. The summed E-state index contributed by atoms with van der Waals surface area (Å²) in [6.07, 6.45) is 0.834. The fourth-order valence-electron chi connectivity index (χ4n) is 3.19. The van der Waals surface area contributed by atoms with E-state index in [2.05, 4.69) is 20.4 Å². The number of aromatic amines is 1. The molecule has 30 heavy (non-hydrogen) atoms. The number of rotatable bonds is 6. The number of aryl methyl sites for hydroxylation is 2. The Morgan fingerprint density at radius 3 is 2.70 bits per heavy atom. The van der Waals surface area contributed by atoms with Gasteiger partial charge in [0.1, 0.15) is 0 Å². The Hall–Kier alpha value is -3.39. The zero-order valence-corrected chi connectivity index (χ0v) is 17.5. The third-order valence-corrected chi connectivity index (χ3v) is 5.65. The predicted octanol–water partition coefficient (Wildman–Crippen LogP) is 3.69. The molecule has 7 nitrogen and oxygen atoms in total. The lowest BCUT2D eigenvalue weighted by Gasteiger charge is -2.11. The first-order chi connectivity index (χ1) is 14.5. The standard InChI is InChI=1S/C22H21N5O2S/c1-3-15-9-5-7-11-17(15)23-20(29)13-30-22-25-21(16-10-6-4-8-14(16)2)24-18-12-19(28)26-27(18)22/h4-12H,3,13H2,1-2H3,(H,23,29)(H,26,28). The zero-order chi connectivity index (χ0) is 21.1. The van der Waals surface area contributed by atoms with Crippen molar-refractivity contribution >= 4 is 29.0 Å². The maximum atomic E-state index is 12.5. The summed E-state index contributed by atoms with van der Waals surface area (Å²) in [5.41, 5.74) is 4.01. The molecule has 2 N–H and O–H groups in total. The van der Waals surface area contributed by atoms with Gasteiger partial charge in [0.15, 0.2) is 16.6 Å². The van der Waals surface area contributed by atoms with Gasteiger partial charge >= 0.3 is 0 Å². The summed E-state index contributed by atoms with van der Waals surface area (Å²) in [5.74, 6) is 0.531. The molecule has 0 spiro atoms. The van der Waals surface area contributed by atoms with Crippen molar-refractivity contribution in [2.45, 2.75) is 25.4 Å². The van der Waals surface area contributed by atoms with Gasteiger partial charge in [0.25, 0.3) is 5.56 Å². The molecule has 0 saturated heterocycles. The average molecular weight is 420 g/mol. The van der Waals surface area contributed by atoms with Gasteiger partial charge < -0.3 is 5.32 Å². The fourth-order valence-corrected chi connectivity index (χ4v) is 3.94. The molecule has 0 atom stereocenters. The quantitative estimate of drug-likeness (QED) is 0.465. The Labute approximate surface area is 177 Å². The summed E-state index contributed by atoms with van der Waals surface area (Å²) in [6.45, 7) is 4.03. The van der Waals surface area contributed by atoms with E-state index in [0.29, 0.717) is 16.6 Å².